The van der Waals surface area contributed by atoms with E-state index in [1.54, 1.807) is 0 Å². The van der Waals surface area contributed by atoms with Crippen molar-refractivity contribution in [2.45, 2.75) is 0 Å². The zero-order valence-electron chi connectivity index (χ0n) is 33.9. The van der Waals surface area contributed by atoms with Crippen LogP contribution in [0.2, 0.25) is 0 Å². The molecule has 8 aromatic carbocycles. The summed E-state index contributed by atoms with van der Waals surface area (Å²) in [6.45, 7) is 0. The summed E-state index contributed by atoms with van der Waals surface area (Å²) in [5.74, 6) is 0.685. The van der Waals surface area contributed by atoms with Gasteiger partial charge < -0.3 is 13.6 Å². The number of benzene rings is 8. The van der Waals surface area contributed by atoms with Crippen molar-refractivity contribution in [3.05, 3.63) is 212 Å². The van der Waals surface area contributed by atoms with Crippen molar-refractivity contribution >= 4 is 65.7 Å². The molecule has 0 spiro atoms. The minimum atomic E-state index is 0.685. The molecule has 0 amide bonds. The lowest BCUT2D eigenvalue weighted by molar-refractivity contribution is 0.668. The summed E-state index contributed by atoms with van der Waals surface area (Å²) in [7, 11) is 0. The van der Waals surface area contributed by atoms with Gasteiger partial charge in [-0.15, -0.1) is 0 Å². The zero-order chi connectivity index (χ0) is 41.4. The molecular weight excluding hydrogens is 771 g/mol. The van der Waals surface area contributed by atoms with Crippen LogP contribution < -0.4 is 0 Å². The van der Waals surface area contributed by atoms with E-state index in [0.29, 0.717) is 5.82 Å². The molecule has 0 bridgehead atoms. The first-order chi connectivity index (χ1) is 31.2. The summed E-state index contributed by atoms with van der Waals surface area (Å²) in [4.78, 5) is 14.9. The van der Waals surface area contributed by atoms with Crippen molar-refractivity contribution in [2.24, 2.45) is 0 Å². The van der Waals surface area contributed by atoms with E-state index >= 15 is 0 Å². The Kier molecular flexibility index (Phi) is 7.80. The maximum Gasteiger partial charge on any atom is 0.160 e. The van der Waals surface area contributed by atoms with Gasteiger partial charge in [0.1, 0.15) is 11.1 Å². The first kappa shape index (κ1) is 35.2. The SMILES string of the molecule is c1ccc(-c2cc(-c3ccccc3)nc(-c3cccc(-n4c5ccccc5c5cc(-c6ccc7c(c6)c6ccccc6n7-c6ccc7oc8cccnc8c7c6)ccc54)c3)n2)cc1. The fourth-order valence-corrected chi connectivity index (χ4v) is 9.46. The van der Waals surface area contributed by atoms with E-state index in [1.165, 1.54) is 21.5 Å². The van der Waals surface area contributed by atoms with Crippen LogP contribution in [0.4, 0.5) is 0 Å². The molecule has 0 saturated heterocycles. The standard InChI is InChI=1S/C57H35N5O/c1-3-13-36(14-4-1)48-35-49(37-15-5-2-6-16-37)60-57(59-48)40-17-11-18-41(31-40)61-50-21-9-7-19-43(50)45-32-38(24-27-52(45)61)39-25-28-53-46(33-39)44-20-8-10-22-51(44)62(53)42-26-29-54-47(34-42)56-55(63-54)23-12-30-58-56/h1-35H. The van der Waals surface area contributed by atoms with Gasteiger partial charge in [-0.05, 0) is 96.1 Å². The fraction of sp³-hybridized carbons (Fsp3) is 0. The second-order valence-corrected chi connectivity index (χ2v) is 16.0. The van der Waals surface area contributed by atoms with Gasteiger partial charge in [-0.25, -0.2) is 9.97 Å². The van der Waals surface area contributed by atoms with Crippen molar-refractivity contribution in [3.8, 4) is 56.4 Å². The Hall–Kier alpha value is -8.61. The molecule has 5 aromatic heterocycles. The van der Waals surface area contributed by atoms with Crippen LogP contribution in [0.3, 0.4) is 0 Å². The number of rotatable bonds is 6. The van der Waals surface area contributed by atoms with Crippen LogP contribution in [-0.4, -0.2) is 24.1 Å². The van der Waals surface area contributed by atoms with Gasteiger partial charge in [0.15, 0.2) is 11.4 Å². The third-order valence-corrected chi connectivity index (χ3v) is 12.4. The second-order valence-electron chi connectivity index (χ2n) is 16.0. The van der Waals surface area contributed by atoms with Crippen molar-refractivity contribution in [1.82, 2.24) is 24.1 Å². The third-order valence-electron chi connectivity index (χ3n) is 12.4. The van der Waals surface area contributed by atoms with E-state index in [2.05, 4.69) is 196 Å². The van der Waals surface area contributed by atoms with Crippen LogP contribution in [0, 0.1) is 0 Å². The molecule has 13 rings (SSSR count). The Morgan fingerprint density at radius 3 is 1.52 bits per heavy atom. The van der Waals surface area contributed by atoms with Gasteiger partial charge >= 0.3 is 0 Å². The average molecular weight is 806 g/mol. The topological polar surface area (TPSA) is 61.7 Å². The molecule has 0 fully saturated rings. The van der Waals surface area contributed by atoms with Crippen LogP contribution in [0.1, 0.15) is 0 Å². The number of aromatic nitrogens is 5. The summed E-state index contributed by atoms with van der Waals surface area (Å²) in [6, 6.07) is 72.7. The van der Waals surface area contributed by atoms with E-state index in [9.17, 15) is 0 Å². The van der Waals surface area contributed by atoms with Gasteiger partial charge in [0.2, 0.25) is 0 Å². The number of pyridine rings is 1. The Morgan fingerprint density at radius 1 is 0.333 bits per heavy atom. The van der Waals surface area contributed by atoms with Crippen LogP contribution in [0.5, 0.6) is 0 Å². The van der Waals surface area contributed by atoms with Gasteiger partial charge in [0, 0.05) is 61.2 Å². The molecule has 294 valence electrons. The normalized spacial score (nSPS) is 11.8. The highest BCUT2D eigenvalue weighted by atomic mass is 16.3. The molecule has 5 heterocycles. The maximum absolute atomic E-state index is 6.13. The minimum absolute atomic E-state index is 0.685. The van der Waals surface area contributed by atoms with Gasteiger partial charge in [0.25, 0.3) is 0 Å². The lowest BCUT2D eigenvalue weighted by Crippen LogP contribution is -1.98. The highest BCUT2D eigenvalue weighted by molar-refractivity contribution is 6.13. The largest absolute Gasteiger partial charge is 0.454 e. The molecular formula is C57H35N5O. The van der Waals surface area contributed by atoms with Crippen LogP contribution >= 0.6 is 0 Å². The highest BCUT2D eigenvalue weighted by Gasteiger charge is 2.19. The summed E-state index contributed by atoms with van der Waals surface area (Å²) in [5, 5.41) is 5.80. The Bertz CT molecular complexity index is 3860. The lowest BCUT2D eigenvalue weighted by Gasteiger charge is -2.12. The van der Waals surface area contributed by atoms with Gasteiger partial charge in [-0.1, -0.05) is 121 Å². The lowest BCUT2D eigenvalue weighted by atomic mass is 10.0. The molecule has 6 nitrogen and oxygen atoms in total. The Balaban J connectivity index is 0.931. The summed E-state index contributed by atoms with van der Waals surface area (Å²) >= 11 is 0. The van der Waals surface area contributed by atoms with Crippen molar-refractivity contribution < 1.29 is 4.42 Å². The van der Waals surface area contributed by atoms with E-state index in [-0.39, 0.29) is 0 Å². The number of hydrogen-bond donors (Lipinski definition) is 0. The summed E-state index contributed by atoms with van der Waals surface area (Å²) < 4.78 is 10.8. The highest BCUT2D eigenvalue weighted by Crippen LogP contribution is 2.40. The van der Waals surface area contributed by atoms with Gasteiger partial charge in [-0.3, -0.25) is 4.98 Å². The average Bonchev–Trinajstić information content (AvgIpc) is 4.01. The molecule has 0 aliphatic rings. The minimum Gasteiger partial charge on any atom is -0.454 e. The Labute approximate surface area is 361 Å². The van der Waals surface area contributed by atoms with Gasteiger partial charge in [0.05, 0.1) is 33.5 Å². The van der Waals surface area contributed by atoms with Crippen molar-refractivity contribution in [3.63, 3.8) is 0 Å². The van der Waals surface area contributed by atoms with Crippen LogP contribution in [0.25, 0.3) is 122 Å². The fourth-order valence-electron chi connectivity index (χ4n) is 9.46. The number of furan rings is 1. The maximum atomic E-state index is 6.13. The number of fused-ring (bicyclic) bond motifs is 9. The first-order valence-electron chi connectivity index (χ1n) is 21.2. The van der Waals surface area contributed by atoms with Crippen LogP contribution in [0.15, 0.2) is 217 Å². The van der Waals surface area contributed by atoms with Crippen LogP contribution in [-0.2, 0) is 0 Å². The van der Waals surface area contributed by atoms with E-state index in [1.807, 2.05) is 30.5 Å². The van der Waals surface area contributed by atoms with Gasteiger partial charge in [-0.2, -0.15) is 0 Å². The van der Waals surface area contributed by atoms with Crippen molar-refractivity contribution in [1.29, 1.82) is 0 Å². The van der Waals surface area contributed by atoms with Crippen molar-refractivity contribution in [2.75, 3.05) is 0 Å². The number of nitrogens with zero attached hydrogens (tertiary/aromatic N) is 5. The molecule has 13 aromatic rings. The molecule has 0 saturated carbocycles. The smallest absolute Gasteiger partial charge is 0.160 e. The second kappa shape index (κ2) is 14.0. The molecule has 0 radical (unpaired) electrons. The quantitative estimate of drug-likeness (QED) is 0.168. The predicted octanol–water partition coefficient (Wildman–Crippen LogP) is 14.6. The predicted molar refractivity (Wildman–Crippen MR) is 258 cm³/mol. The molecule has 0 unspecified atom stereocenters. The molecule has 63 heavy (non-hydrogen) atoms. The van der Waals surface area contributed by atoms with E-state index in [4.69, 9.17) is 14.4 Å². The zero-order valence-corrected chi connectivity index (χ0v) is 33.9. The third kappa shape index (κ3) is 5.69. The summed E-state index contributed by atoms with van der Waals surface area (Å²) in [6.07, 6.45) is 1.82. The number of para-hydroxylation sites is 2. The van der Waals surface area contributed by atoms with E-state index in [0.717, 1.165) is 94.7 Å². The van der Waals surface area contributed by atoms with E-state index < -0.39 is 0 Å². The first-order valence-corrected chi connectivity index (χ1v) is 21.2. The Morgan fingerprint density at radius 2 is 0.889 bits per heavy atom. The molecule has 0 N–H and O–H groups in total. The monoisotopic (exact) mass is 805 g/mol. The number of hydrogen-bond acceptors (Lipinski definition) is 4. The summed E-state index contributed by atoms with van der Waals surface area (Å²) in [5.41, 5.74) is 16.4. The molecule has 0 aliphatic carbocycles. The molecule has 6 heteroatoms. The molecule has 0 atom stereocenters. The molecule has 0 aliphatic heterocycles.